The molecule has 1 nitrogen and oxygen atoms in total. The fraction of sp³-hybridized carbons (Fsp3) is 0.700. The zero-order valence-electron chi connectivity index (χ0n) is 13.6. The molecule has 4 aliphatic rings. The van der Waals surface area contributed by atoms with Crippen LogP contribution in [0, 0.1) is 22.2 Å². The Hall–Kier alpha value is -0.820. The van der Waals surface area contributed by atoms with Gasteiger partial charge >= 0.3 is 0 Å². The molecule has 4 aliphatic carbocycles. The lowest BCUT2D eigenvalue weighted by molar-refractivity contribution is -0.153. The summed E-state index contributed by atoms with van der Waals surface area (Å²) in [6, 6.07) is 11.2. The van der Waals surface area contributed by atoms with Crippen molar-refractivity contribution in [1.82, 2.24) is 0 Å². The summed E-state index contributed by atoms with van der Waals surface area (Å²) in [5, 5.41) is 0. The second kappa shape index (κ2) is 4.35. The summed E-state index contributed by atoms with van der Waals surface area (Å²) >= 11 is 0. The van der Waals surface area contributed by atoms with Crippen molar-refractivity contribution >= 4 is 0 Å². The SMILES string of the molecule is CC12CC3CC(C)(C1)CC(C(N)Cc1ccccc1)(C3)C2. The van der Waals surface area contributed by atoms with Crippen LogP contribution in [0.1, 0.15) is 57.9 Å². The van der Waals surface area contributed by atoms with E-state index in [-0.39, 0.29) is 0 Å². The number of nitrogens with two attached hydrogens (primary N) is 1. The van der Waals surface area contributed by atoms with Gasteiger partial charge in [-0.2, -0.15) is 0 Å². The van der Waals surface area contributed by atoms with Gasteiger partial charge in [-0.25, -0.2) is 0 Å². The molecular formula is C20H29N. The fourth-order valence-electron chi connectivity index (χ4n) is 7.03. The van der Waals surface area contributed by atoms with Crippen LogP contribution in [0.25, 0.3) is 0 Å². The monoisotopic (exact) mass is 283 g/mol. The summed E-state index contributed by atoms with van der Waals surface area (Å²) in [6.45, 7) is 5.08. The molecule has 21 heavy (non-hydrogen) atoms. The molecule has 0 radical (unpaired) electrons. The molecule has 114 valence electrons. The zero-order valence-corrected chi connectivity index (χ0v) is 13.6. The third kappa shape index (κ3) is 2.25. The van der Waals surface area contributed by atoms with Gasteiger partial charge in [0, 0.05) is 6.04 Å². The maximum absolute atomic E-state index is 6.82. The van der Waals surface area contributed by atoms with Crippen LogP contribution in [-0.2, 0) is 6.42 Å². The highest BCUT2D eigenvalue weighted by molar-refractivity contribution is 5.19. The van der Waals surface area contributed by atoms with Crippen LogP contribution >= 0.6 is 0 Å². The molecule has 0 spiro atoms. The molecule has 4 saturated carbocycles. The van der Waals surface area contributed by atoms with Crippen LogP contribution in [0.3, 0.4) is 0 Å². The highest BCUT2D eigenvalue weighted by Crippen LogP contribution is 2.70. The van der Waals surface area contributed by atoms with Crippen molar-refractivity contribution < 1.29 is 0 Å². The van der Waals surface area contributed by atoms with E-state index in [1.165, 1.54) is 44.1 Å². The quantitative estimate of drug-likeness (QED) is 0.865. The first-order valence-corrected chi connectivity index (χ1v) is 8.70. The van der Waals surface area contributed by atoms with Gasteiger partial charge in [0.1, 0.15) is 0 Å². The van der Waals surface area contributed by atoms with Gasteiger partial charge in [-0.05, 0) is 72.7 Å². The Labute approximate surface area is 129 Å². The standard InChI is InChI=1S/C20H29N/c1-18-9-16-10-19(2,12-18)14-20(11-16,13-18)17(21)8-15-6-4-3-5-7-15/h3-7,16-17H,8-14,21H2,1-2H3. The van der Waals surface area contributed by atoms with E-state index in [2.05, 4.69) is 44.2 Å². The van der Waals surface area contributed by atoms with Crippen LogP contribution in [0.15, 0.2) is 30.3 Å². The first kappa shape index (κ1) is 13.8. The number of rotatable bonds is 3. The Bertz CT molecular complexity index is 516. The summed E-state index contributed by atoms with van der Waals surface area (Å²) in [4.78, 5) is 0. The van der Waals surface area contributed by atoms with E-state index in [9.17, 15) is 0 Å². The van der Waals surface area contributed by atoms with Crippen molar-refractivity contribution in [3.05, 3.63) is 35.9 Å². The lowest BCUT2D eigenvalue weighted by Crippen LogP contribution is -2.61. The average Bonchev–Trinajstić information content (AvgIpc) is 2.35. The van der Waals surface area contributed by atoms with Gasteiger partial charge < -0.3 is 5.73 Å². The molecule has 0 aromatic heterocycles. The third-order valence-corrected chi connectivity index (χ3v) is 6.75. The minimum Gasteiger partial charge on any atom is -0.327 e. The molecular weight excluding hydrogens is 254 g/mol. The molecule has 1 aromatic rings. The first-order chi connectivity index (χ1) is 9.91. The Morgan fingerprint density at radius 1 is 1.00 bits per heavy atom. The molecule has 2 N–H and O–H groups in total. The highest BCUT2D eigenvalue weighted by atomic mass is 14.8. The molecule has 0 heterocycles. The molecule has 0 amide bonds. The number of hydrogen-bond acceptors (Lipinski definition) is 1. The molecule has 5 rings (SSSR count). The summed E-state index contributed by atoms with van der Waals surface area (Å²) in [6.07, 6.45) is 9.56. The van der Waals surface area contributed by atoms with E-state index < -0.39 is 0 Å². The van der Waals surface area contributed by atoms with Gasteiger partial charge in [-0.15, -0.1) is 0 Å². The summed E-state index contributed by atoms with van der Waals surface area (Å²) < 4.78 is 0. The van der Waals surface area contributed by atoms with Crippen LogP contribution in [0.4, 0.5) is 0 Å². The Balaban J connectivity index is 1.62. The van der Waals surface area contributed by atoms with Gasteiger partial charge in [0.25, 0.3) is 0 Å². The fourth-order valence-corrected chi connectivity index (χ4v) is 7.03. The third-order valence-electron chi connectivity index (χ3n) is 6.75. The molecule has 4 fully saturated rings. The van der Waals surface area contributed by atoms with Crippen molar-refractivity contribution in [1.29, 1.82) is 0 Å². The topological polar surface area (TPSA) is 26.0 Å². The van der Waals surface area contributed by atoms with E-state index in [4.69, 9.17) is 5.73 Å². The minimum absolute atomic E-state index is 0.335. The van der Waals surface area contributed by atoms with Gasteiger partial charge in [0.2, 0.25) is 0 Å². The smallest absolute Gasteiger partial charge is 0.0137 e. The maximum atomic E-state index is 6.82. The second-order valence-corrected chi connectivity index (χ2v) is 9.29. The van der Waals surface area contributed by atoms with Crippen LogP contribution < -0.4 is 5.73 Å². The summed E-state index contributed by atoms with van der Waals surface area (Å²) in [5.74, 6) is 0.943. The lowest BCUT2D eigenvalue weighted by Gasteiger charge is -2.67. The molecule has 4 bridgehead atoms. The normalized spacial score (nSPS) is 45.8. The van der Waals surface area contributed by atoms with E-state index in [0.29, 0.717) is 22.3 Å². The van der Waals surface area contributed by atoms with Crippen molar-refractivity contribution in [3.8, 4) is 0 Å². The summed E-state index contributed by atoms with van der Waals surface area (Å²) in [5.41, 5.74) is 9.79. The Kier molecular flexibility index (Phi) is 2.86. The van der Waals surface area contributed by atoms with E-state index in [0.717, 1.165) is 12.3 Å². The van der Waals surface area contributed by atoms with Crippen molar-refractivity contribution in [2.24, 2.45) is 27.9 Å². The zero-order chi connectivity index (χ0) is 14.7. The van der Waals surface area contributed by atoms with Crippen LogP contribution in [-0.4, -0.2) is 6.04 Å². The summed E-state index contributed by atoms with van der Waals surface area (Å²) in [7, 11) is 0. The van der Waals surface area contributed by atoms with E-state index in [1.54, 1.807) is 0 Å². The first-order valence-electron chi connectivity index (χ1n) is 8.70. The molecule has 3 unspecified atom stereocenters. The molecule has 1 heteroatoms. The molecule has 0 aliphatic heterocycles. The second-order valence-electron chi connectivity index (χ2n) is 9.29. The predicted octanol–water partition coefficient (Wildman–Crippen LogP) is 4.55. The van der Waals surface area contributed by atoms with E-state index >= 15 is 0 Å². The maximum Gasteiger partial charge on any atom is 0.0137 e. The van der Waals surface area contributed by atoms with Crippen molar-refractivity contribution in [2.45, 2.75) is 64.8 Å². The van der Waals surface area contributed by atoms with Gasteiger partial charge in [-0.3, -0.25) is 0 Å². The molecule has 0 saturated heterocycles. The van der Waals surface area contributed by atoms with Crippen LogP contribution in [0.2, 0.25) is 0 Å². The number of benzene rings is 1. The van der Waals surface area contributed by atoms with E-state index in [1.807, 2.05) is 0 Å². The van der Waals surface area contributed by atoms with Gasteiger partial charge in [-0.1, -0.05) is 44.2 Å². The Morgan fingerprint density at radius 2 is 1.62 bits per heavy atom. The minimum atomic E-state index is 0.335. The molecule has 3 atom stereocenters. The Morgan fingerprint density at radius 3 is 2.19 bits per heavy atom. The average molecular weight is 283 g/mol. The van der Waals surface area contributed by atoms with Crippen molar-refractivity contribution in [3.63, 3.8) is 0 Å². The van der Waals surface area contributed by atoms with Gasteiger partial charge in [0.05, 0.1) is 0 Å². The molecule has 1 aromatic carbocycles. The van der Waals surface area contributed by atoms with Gasteiger partial charge in [0.15, 0.2) is 0 Å². The largest absolute Gasteiger partial charge is 0.327 e. The lowest BCUT2D eigenvalue weighted by atomic mass is 9.39. The number of hydrogen-bond donors (Lipinski definition) is 1. The van der Waals surface area contributed by atoms with Crippen molar-refractivity contribution in [2.75, 3.05) is 0 Å². The highest BCUT2D eigenvalue weighted by Gasteiger charge is 2.61. The predicted molar refractivity (Wildman–Crippen MR) is 88.0 cm³/mol. The van der Waals surface area contributed by atoms with Crippen LogP contribution in [0.5, 0.6) is 0 Å².